The highest BCUT2D eigenvalue weighted by Gasteiger charge is 2.24. The Labute approximate surface area is 136 Å². The van der Waals surface area contributed by atoms with E-state index in [1.54, 1.807) is 6.07 Å². The number of nitrogens with two attached hydrogens (primary N) is 1. The maximum Gasteiger partial charge on any atom is 0.188 e. The van der Waals surface area contributed by atoms with Crippen molar-refractivity contribution in [1.29, 1.82) is 0 Å². The lowest BCUT2D eigenvalue weighted by Crippen LogP contribution is -2.37. The van der Waals surface area contributed by atoms with Gasteiger partial charge in [-0.1, -0.05) is 12.1 Å². The summed E-state index contributed by atoms with van der Waals surface area (Å²) in [7, 11) is 0. The van der Waals surface area contributed by atoms with E-state index in [-0.39, 0.29) is 11.9 Å². The molecule has 0 aliphatic carbocycles. The van der Waals surface area contributed by atoms with Gasteiger partial charge in [0.05, 0.1) is 11.8 Å². The van der Waals surface area contributed by atoms with Crippen molar-refractivity contribution in [2.24, 2.45) is 16.6 Å². The second kappa shape index (κ2) is 7.64. The maximum atomic E-state index is 13.8. The van der Waals surface area contributed by atoms with Crippen molar-refractivity contribution in [1.82, 2.24) is 5.32 Å². The molecule has 2 saturated heterocycles. The molecule has 6 heteroatoms. The van der Waals surface area contributed by atoms with E-state index < -0.39 is 0 Å². The number of anilines is 1. The predicted octanol–water partition coefficient (Wildman–Crippen LogP) is 1.74. The van der Waals surface area contributed by atoms with Gasteiger partial charge < -0.3 is 20.7 Å². The van der Waals surface area contributed by atoms with Crippen molar-refractivity contribution in [3.63, 3.8) is 0 Å². The van der Waals surface area contributed by atoms with Gasteiger partial charge in [-0.2, -0.15) is 0 Å². The fraction of sp³-hybridized carbons (Fsp3) is 0.588. The minimum absolute atomic E-state index is 0.158. The van der Waals surface area contributed by atoms with Crippen LogP contribution in [0.1, 0.15) is 19.3 Å². The monoisotopic (exact) mass is 320 g/mol. The van der Waals surface area contributed by atoms with Crippen molar-refractivity contribution in [2.75, 3.05) is 37.7 Å². The van der Waals surface area contributed by atoms with Crippen molar-refractivity contribution in [3.8, 4) is 0 Å². The Balaban J connectivity index is 1.44. The number of benzene rings is 1. The molecule has 2 aliphatic rings. The van der Waals surface area contributed by atoms with Gasteiger partial charge in [-0.05, 0) is 37.3 Å². The molecule has 3 N–H and O–H groups in total. The lowest BCUT2D eigenvalue weighted by atomic mass is 10.1. The standard InChI is InChI=1S/C17H25FN4O/c18-15-5-1-2-6-16(15)22-8-7-13(12-22)10-20-17(19)21-11-14-4-3-9-23-14/h1-2,5-6,13-14H,3-4,7-12H2,(H3,19,20,21). The summed E-state index contributed by atoms with van der Waals surface area (Å²) in [5.74, 6) is 0.733. The molecule has 0 bridgehead atoms. The number of ether oxygens (including phenoxy) is 1. The molecule has 5 nitrogen and oxygen atoms in total. The summed E-state index contributed by atoms with van der Waals surface area (Å²) in [5, 5.41) is 3.13. The van der Waals surface area contributed by atoms with Gasteiger partial charge in [0.25, 0.3) is 0 Å². The number of aliphatic imine (C=N–C) groups is 1. The summed E-state index contributed by atoms with van der Waals surface area (Å²) in [5.41, 5.74) is 6.59. The summed E-state index contributed by atoms with van der Waals surface area (Å²) < 4.78 is 19.4. The second-order valence-corrected chi connectivity index (χ2v) is 6.29. The average Bonchev–Trinajstić information content (AvgIpc) is 3.23. The molecule has 2 heterocycles. The smallest absolute Gasteiger partial charge is 0.188 e. The van der Waals surface area contributed by atoms with Gasteiger partial charge in [0.2, 0.25) is 0 Å². The number of nitrogens with zero attached hydrogens (tertiary/aromatic N) is 2. The molecule has 2 aliphatic heterocycles. The maximum absolute atomic E-state index is 13.8. The normalized spacial score (nSPS) is 25.1. The molecule has 0 radical (unpaired) electrons. The number of hydrogen-bond donors (Lipinski definition) is 2. The summed E-state index contributed by atoms with van der Waals surface area (Å²) in [4.78, 5) is 6.51. The average molecular weight is 320 g/mol. The SMILES string of the molecule is NC(=NCC1CCN(c2ccccc2F)C1)NCC1CCCO1. The van der Waals surface area contributed by atoms with Crippen molar-refractivity contribution >= 4 is 11.6 Å². The Morgan fingerprint density at radius 3 is 3.04 bits per heavy atom. The molecule has 0 saturated carbocycles. The number of para-hydroxylation sites is 1. The first-order chi connectivity index (χ1) is 11.2. The van der Waals surface area contributed by atoms with Crippen LogP contribution in [0.3, 0.4) is 0 Å². The van der Waals surface area contributed by atoms with Crippen LogP contribution >= 0.6 is 0 Å². The summed E-state index contributed by atoms with van der Waals surface area (Å²) in [6, 6.07) is 6.93. The minimum atomic E-state index is -0.158. The Morgan fingerprint density at radius 2 is 2.26 bits per heavy atom. The predicted molar refractivity (Wildman–Crippen MR) is 90.2 cm³/mol. The van der Waals surface area contributed by atoms with Gasteiger partial charge in [0.15, 0.2) is 5.96 Å². The van der Waals surface area contributed by atoms with Gasteiger partial charge in [-0.25, -0.2) is 4.39 Å². The molecule has 2 fully saturated rings. The van der Waals surface area contributed by atoms with Crippen LogP contribution in [0.4, 0.5) is 10.1 Å². The lowest BCUT2D eigenvalue weighted by molar-refractivity contribution is 0.114. The zero-order valence-corrected chi connectivity index (χ0v) is 13.4. The summed E-state index contributed by atoms with van der Waals surface area (Å²) >= 11 is 0. The third kappa shape index (κ3) is 4.34. The van der Waals surface area contributed by atoms with E-state index in [1.807, 2.05) is 12.1 Å². The van der Waals surface area contributed by atoms with E-state index in [2.05, 4.69) is 15.2 Å². The highest BCUT2D eigenvalue weighted by atomic mass is 19.1. The lowest BCUT2D eigenvalue weighted by Gasteiger charge is -2.19. The minimum Gasteiger partial charge on any atom is -0.376 e. The van der Waals surface area contributed by atoms with E-state index in [4.69, 9.17) is 10.5 Å². The van der Waals surface area contributed by atoms with Crippen LogP contribution in [0.25, 0.3) is 0 Å². The van der Waals surface area contributed by atoms with Crippen LogP contribution in [0.2, 0.25) is 0 Å². The molecule has 0 aromatic heterocycles. The molecule has 0 amide bonds. The third-order valence-corrected chi connectivity index (χ3v) is 4.53. The Kier molecular flexibility index (Phi) is 5.33. The van der Waals surface area contributed by atoms with Crippen molar-refractivity contribution in [2.45, 2.75) is 25.4 Å². The van der Waals surface area contributed by atoms with Crippen LogP contribution in [-0.2, 0) is 4.74 Å². The highest BCUT2D eigenvalue weighted by molar-refractivity contribution is 5.77. The summed E-state index contributed by atoms with van der Waals surface area (Å²) in [6.45, 7) is 3.93. The van der Waals surface area contributed by atoms with E-state index in [0.29, 0.717) is 24.1 Å². The second-order valence-electron chi connectivity index (χ2n) is 6.29. The Bertz CT molecular complexity index is 545. The molecule has 1 aromatic rings. The summed E-state index contributed by atoms with van der Waals surface area (Å²) in [6.07, 6.45) is 3.47. The molecular weight excluding hydrogens is 295 g/mol. The first kappa shape index (κ1) is 16.1. The van der Waals surface area contributed by atoms with Crippen LogP contribution in [0.5, 0.6) is 0 Å². The van der Waals surface area contributed by atoms with Gasteiger partial charge in [-0.3, -0.25) is 4.99 Å². The Hall–Kier alpha value is -1.82. The highest BCUT2D eigenvalue weighted by Crippen LogP contribution is 2.26. The number of halogens is 1. The molecule has 1 aromatic carbocycles. The number of guanidine groups is 1. The van der Waals surface area contributed by atoms with Gasteiger partial charge >= 0.3 is 0 Å². The Morgan fingerprint density at radius 1 is 1.39 bits per heavy atom. The quantitative estimate of drug-likeness (QED) is 0.641. The largest absolute Gasteiger partial charge is 0.376 e. The van der Waals surface area contributed by atoms with E-state index in [1.165, 1.54) is 6.07 Å². The molecule has 23 heavy (non-hydrogen) atoms. The van der Waals surface area contributed by atoms with Crippen LogP contribution in [0, 0.1) is 11.7 Å². The zero-order valence-electron chi connectivity index (χ0n) is 13.4. The number of nitrogens with one attached hydrogen (secondary N) is 1. The van der Waals surface area contributed by atoms with Crippen LogP contribution in [0.15, 0.2) is 29.3 Å². The molecule has 0 spiro atoms. The molecule has 3 rings (SSSR count). The number of rotatable bonds is 5. The molecule has 126 valence electrons. The van der Waals surface area contributed by atoms with Crippen molar-refractivity contribution < 1.29 is 9.13 Å². The van der Waals surface area contributed by atoms with Crippen LogP contribution < -0.4 is 16.0 Å². The molecule has 2 unspecified atom stereocenters. The van der Waals surface area contributed by atoms with Crippen LogP contribution in [-0.4, -0.2) is 44.8 Å². The first-order valence-corrected chi connectivity index (χ1v) is 8.37. The molecule has 2 atom stereocenters. The van der Waals surface area contributed by atoms with Gasteiger partial charge in [0, 0.05) is 32.8 Å². The zero-order chi connectivity index (χ0) is 16.1. The van der Waals surface area contributed by atoms with E-state index >= 15 is 0 Å². The third-order valence-electron chi connectivity index (χ3n) is 4.53. The van der Waals surface area contributed by atoms with Gasteiger partial charge in [-0.15, -0.1) is 0 Å². The van der Waals surface area contributed by atoms with Crippen molar-refractivity contribution in [3.05, 3.63) is 30.1 Å². The first-order valence-electron chi connectivity index (χ1n) is 8.37. The topological polar surface area (TPSA) is 62.9 Å². The van der Waals surface area contributed by atoms with E-state index in [9.17, 15) is 4.39 Å². The number of hydrogen-bond acceptors (Lipinski definition) is 3. The fourth-order valence-electron chi connectivity index (χ4n) is 3.22. The molecular formula is C17H25FN4O. The fourth-order valence-corrected chi connectivity index (χ4v) is 3.22. The van der Waals surface area contributed by atoms with Gasteiger partial charge in [0.1, 0.15) is 5.82 Å². The van der Waals surface area contributed by atoms with E-state index in [0.717, 1.165) is 45.5 Å².